The zero-order valence-corrected chi connectivity index (χ0v) is 13.3. The highest BCUT2D eigenvalue weighted by atomic mass is 19.4. The maximum Gasteiger partial charge on any atom is 0.410 e. The van der Waals surface area contributed by atoms with Gasteiger partial charge in [-0.3, -0.25) is 9.58 Å². The molecule has 2 rings (SSSR count). The van der Waals surface area contributed by atoms with Crippen molar-refractivity contribution in [2.75, 3.05) is 13.1 Å². The van der Waals surface area contributed by atoms with Gasteiger partial charge in [-0.2, -0.15) is 18.3 Å². The summed E-state index contributed by atoms with van der Waals surface area (Å²) < 4.78 is 46.2. The molecular weight excluding hydrogens is 313 g/mol. The Kier molecular flexibility index (Phi) is 4.88. The Hall–Kier alpha value is -1.77. The van der Waals surface area contributed by atoms with Gasteiger partial charge in [0.05, 0.1) is 12.6 Å². The first kappa shape index (κ1) is 17.6. The zero-order chi connectivity index (χ0) is 17.3. The molecule has 0 spiro atoms. The van der Waals surface area contributed by atoms with Gasteiger partial charge in [0.25, 0.3) is 0 Å². The molecule has 0 aliphatic carbocycles. The van der Waals surface area contributed by atoms with Crippen LogP contribution in [0.5, 0.6) is 0 Å². The van der Waals surface area contributed by atoms with E-state index in [0.717, 1.165) is 4.90 Å². The summed E-state index contributed by atoms with van der Waals surface area (Å²) in [4.78, 5) is 12.6. The summed E-state index contributed by atoms with van der Waals surface area (Å²) in [5, 5.41) is 6.81. The molecule has 1 amide bonds. The van der Waals surface area contributed by atoms with E-state index in [1.54, 1.807) is 43.9 Å². The van der Waals surface area contributed by atoms with E-state index >= 15 is 0 Å². The number of nitrogens with zero attached hydrogens (tertiary/aromatic N) is 3. The van der Waals surface area contributed by atoms with E-state index in [1.807, 2.05) is 0 Å². The van der Waals surface area contributed by atoms with Crippen molar-refractivity contribution in [3.05, 3.63) is 18.5 Å². The summed E-state index contributed by atoms with van der Waals surface area (Å²) in [6, 6.07) is -0.959. The smallest absolute Gasteiger partial charge is 0.410 e. The minimum absolute atomic E-state index is 0.0296. The molecule has 0 bridgehead atoms. The van der Waals surface area contributed by atoms with E-state index in [0.29, 0.717) is 13.1 Å². The van der Waals surface area contributed by atoms with Crippen LogP contribution in [0.4, 0.5) is 18.0 Å². The number of ether oxygens (including phenoxy) is 1. The van der Waals surface area contributed by atoms with Gasteiger partial charge in [-0.15, -0.1) is 0 Å². The van der Waals surface area contributed by atoms with Crippen LogP contribution in [0, 0.1) is 0 Å². The Morgan fingerprint density at radius 3 is 2.61 bits per heavy atom. The summed E-state index contributed by atoms with van der Waals surface area (Å²) >= 11 is 0. The number of hydrogen-bond donors (Lipinski definition) is 1. The lowest BCUT2D eigenvalue weighted by Gasteiger charge is -2.48. The van der Waals surface area contributed by atoms with E-state index in [1.165, 1.54) is 0 Å². The molecule has 2 atom stereocenters. The fraction of sp³-hybridized carbons (Fsp3) is 0.714. The third-order valence-electron chi connectivity index (χ3n) is 3.38. The molecule has 1 aliphatic heterocycles. The summed E-state index contributed by atoms with van der Waals surface area (Å²) in [5.41, 5.74) is -0.828. The van der Waals surface area contributed by atoms with E-state index < -0.39 is 30.0 Å². The summed E-state index contributed by atoms with van der Waals surface area (Å²) in [7, 11) is 0. The number of likely N-dealkylation sites (tertiary alicyclic amines) is 1. The van der Waals surface area contributed by atoms with Crippen molar-refractivity contribution in [3.63, 3.8) is 0 Å². The number of aromatic nitrogens is 2. The van der Waals surface area contributed by atoms with Gasteiger partial charge in [0, 0.05) is 25.5 Å². The lowest BCUT2D eigenvalue weighted by atomic mass is 9.96. The molecular formula is C14H21F3N4O2. The standard InChI is InChI=1S/C14H21F3N4O2/c1-13(2,3)23-12(22)21-9-10(11(21)14(15,16)17)18-6-8-20-7-4-5-19-20/h4-5,7,10-11,18H,6,8-9H2,1-3H3. The van der Waals surface area contributed by atoms with Crippen LogP contribution in [-0.4, -0.2) is 57.7 Å². The molecule has 1 N–H and O–H groups in total. The molecule has 23 heavy (non-hydrogen) atoms. The van der Waals surface area contributed by atoms with E-state index in [9.17, 15) is 18.0 Å². The van der Waals surface area contributed by atoms with Gasteiger partial charge in [0.15, 0.2) is 0 Å². The fourth-order valence-electron chi connectivity index (χ4n) is 2.39. The molecule has 0 saturated carbocycles. The highest BCUT2D eigenvalue weighted by Crippen LogP contribution is 2.35. The van der Waals surface area contributed by atoms with Crippen molar-refractivity contribution in [2.24, 2.45) is 0 Å². The van der Waals surface area contributed by atoms with Crippen LogP contribution in [-0.2, 0) is 11.3 Å². The van der Waals surface area contributed by atoms with Gasteiger partial charge in [-0.05, 0) is 26.8 Å². The largest absolute Gasteiger partial charge is 0.444 e. The van der Waals surface area contributed by atoms with Crippen molar-refractivity contribution in [1.82, 2.24) is 20.0 Å². The maximum absolute atomic E-state index is 13.2. The van der Waals surface area contributed by atoms with E-state index in [2.05, 4.69) is 10.4 Å². The van der Waals surface area contributed by atoms with Crippen LogP contribution in [0.1, 0.15) is 20.8 Å². The van der Waals surface area contributed by atoms with Crippen LogP contribution in [0.15, 0.2) is 18.5 Å². The van der Waals surface area contributed by atoms with Crippen molar-refractivity contribution < 1.29 is 22.7 Å². The Morgan fingerprint density at radius 2 is 2.09 bits per heavy atom. The van der Waals surface area contributed by atoms with E-state index in [4.69, 9.17) is 4.74 Å². The molecule has 1 aromatic rings. The van der Waals surface area contributed by atoms with Gasteiger partial charge in [0.1, 0.15) is 11.6 Å². The number of rotatable bonds is 4. The number of nitrogens with one attached hydrogen (secondary N) is 1. The minimum atomic E-state index is -4.50. The first-order valence-corrected chi connectivity index (χ1v) is 7.35. The monoisotopic (exact) mass is 334 g/mol. The van der Waals surface area contributed by atoms with Gasteiger partial charge in [-0.25, -0.2) is 4.79 Å². The van der Waals surface area contributed by atoms with E-state index in [-0.39, 0.29) is 6.54 Å². The quantitative estimate of drug-likeness (QED) is 0.915. The first-order chi connectivity index (χ1) is 10.6. The van der Waals surface area contributed by atoms with Crippen LogP contribution in [0.2, 0.25) is 0 Å². The Morgan fingerprint density at radius 1 is 1.39 bits per heavy atom. The Bertz CT molecular complexity index is 525. The zero-order valence-electron chi connectivity index (χ0n) is 13.3. The average Bonchev–Trinajstić information content (AvgIpc) is 2.80. The number of amides is 1. The van der Waals surface area contributed by atoms with Gasteiger partial charge in [0.2, 0.25) is 0 Å². The molecule has 2 heterocycles. The van der Waals surface area contributed by atoms with Crippen LogP contribution < -0.4 is 5.32 Å². The lowest BCUT2D eigenvalue weighted by Crippen LogP contribution is -2.72. The number of carbonyl (C=O) groups excluding carboxylic acids is 1. The molecule has 9 heteroatoms. The highest BCUT2D eigenvalue weighted by Gasteiger charge is 2.57. The topological polar surface area (TPSA) is 59.4 Å². The summed E-state index contributed by atoms with van der Waals surface area (Å²) in [5.74, 6) is 0. The van der Waals surface area contributed by atoms with Crippen LogP contribution in [0.3, 0.4) is 0 Å². The molecule has 0 radical (unpaired) electrons. The lowest BCUT2D eigenvalue weighted by molar-refractivity contribution is -0.215. The van der Waals surface area contributed by atoms with Gasteiger partial charge in [-0.1, -0.05) is 0 Å². The molecule has 1 saturated heterocycles. The van der Waals surface area contributed by atoms with Crippen molar-refractivity contribution in [2.45, 2.75) is 51.2 Å². The average molecular weight is 334 g/mol. The second kappa shape index (κ2) is 6.38. The SMILES string of the molecule is CC(C)(C)OC(=O)N1CC(NCCn2cccn2)C1C(F)(F)F. The third-order valence-corrected chi connectivity index (χ3v) is 3.38. The van der Waals surface area contributed by atoms with Crippen LogP contribution >= 0.6 is 0 Å². The number of hydrogen-bond acceptors (Lipinski definition) is 4. The predicted molar refractivity (Wildman–Crippen MR) is 76.8 cm³/mol. The normalized spacial score (nSPS) is 21.9. The molecule has 1 fully saturated rings. The van der Waals surface area contributed by atoms with Gasteiger partial charge < -0.3 is 10.1 Å². The molecule has 1 aromatic heterocycles. The molecule has 2 unspecified atom stereocenters. The number of alkyl halides is 3. The fourth-order valence-corrected chi connectivity index (χ4v) is 2.39. The minimum Gasteiger partial charge on any atom is -0.444 e. The molecule has 130 valence electrons. The number of halogens is 3. The molecule has 1 aliphatic rings. The first-order valence-electron chi connectivity index (χ1n) is 7.35. The maximum atomic E-state index is 13.2. The summed E-state index contributed by atoms with van der Waals surface area (Å²) in [6.07, 6.45) is -2.11. The molecule has 0 aromatic carbocycles. The second-order valence-corrected chi connectivity index (χ2v) is 6.45. The van der Waals surface area contributed by atoms with Crippen molar-refractivity contribution in [1.29, 1.82) is 0 Å². The van der Waals surface area contributed by atoms with Crippen molar-refractivity contribution >= 4 is 6.09 Å². The summed E-state index contributed by atoms with van der Waals surface area (Å²) in [6.45, 7) is 5.62. The van der Waals surface area contributed by atoms with Crippen molar-refractivity contribution in [3.8, 4) is 0 Å². The highest BCUT2D eigenvalue weighted by molar-refractivity contribution is 5.70. The Balaban J connectivity index is 1.90. The Labute approximate surface area is 132 Å². The predicted octanol–water partition coefficient (Wildman–Crippen LogP) is 2.02. The third kappa shape index (κ3) is 4.60. The van der Waals surface area contributed by atoms with Gasteiger partial charge >= 0.3 is 12.3 Å². The second-order valence-electron chi connectivity index (χ2n) is 6.45. The molecule has 6 nitrogen and oxygen atoms in total. The van der Waals surface area contributed by atoms with Crippen LogP contribution in [0.25, 0.3) is 0 Å². The number of carbonyl (C=O) groups is 1.